The molecule has 1 rings (SSSR count). The highest BCUT2D eigenvalue weighted by molar-refractivity contribution is 8.10. The number of hydrogen-bond acceptors (Lipinski definition) is 5. The van der Waals surface area contributed by atoms with Crippen LogP contribution in [0.25, 0.3) is 0 Å². The van der Waals surface area contributed by atoms with E-state index in [1.165, 1.54) is 14.2 Å². The summed E-state index contributed by atoms with van der Waals surface area (Å²) in [5, 5.41) is 18.2. The molecular formula is C12H13N2O2PS. The topological polar surface area (TPSA) is 66.0 Å². The molecule has 1 aromatic carbocycles. The predicted molar refractivity (Wildman–Crippen MR) is 72.2 cm³/mol. The maximum atomic E-state index is 9.10. The lowest BCUT2D eigenvalue weighted by atomic mass is 10.0. The van der Waals surface area contributed by atoms with Gasteiger partial charge < -0.3 is 9.05 Å². The van der Waals surface area contributed by atoms with Gasteiger partial charge in [-0.25, -0.2) is 0 Å². The van der Waals surface area contributed by atoms with Crippen LogP contribution in [-0.4, -0.2) is 14.2 Å². The molecule has 18 heavy (non-hydrogen) atoms. The lowest BCUT2D eigenvalue weighted by Crippen LogP contribution is -2.12. The van der Waals surface area contributed by atoms with Crippen molar-refractivity contribution < 1.29 is 9.05 Å². The quantitative estimate of drug-likeness (QED) is 0.776. The number of benzene rings is 1. The van der Waals surface area contributed by atoms with Gasteiger partial charge in [0.2, 0.25) is 0 Å². The molecule has 94 valence electrons. The second-order valence-corrected chi connectivity index (χ2v) is 7.39. The molecule has 0 aliphatic heterocycles. The van der Waals surface area contributed by atoms with E-state index < -0.39 is 18.1 Å². The molecule has 0 radical (unpaired) electrons. The van der Waals surface area contributed by atoms with Crippen molar-refractivity contribution >= 4 is 18.3 Å². The first-order valence-corrected chi connectivity index (χ1v) is 7.89. The minimum Gasteiger partial charge on any atom is -0.332 e. The fourth-order valence-corrected chi connectivity index (χ4v) is 4.05. The Labute approximate surface area is 112 Å². The predicted octanol–water partition coefficient (Wildman–Crippen LogP) is 2.99. The van der Waals surface area contributed by atoms with Crippen LogP contribution >= 0.6 is 6.49 Å². The molecule has 1 atom stereocenters. The van der Waals surface area contributed by atoms with Gasteiger partial charge in [-0.15, -0.1) is 0 Å². The highest BCUT2D eigenvalue weighted by atomic mass is 32.5. The van der Waals surface area contributed by atoms with Crippen LogP contribution in [-0.2, 0) is 20.9 Å². The molecule has 1 unspecified atom stereocenters. The molecule has 0 spiro atoms. The van der Waals surface area contributed by atoms with E-state index in [0.717, 1.165) is 5.56 Å². The zero-order chi connectivity index (χ0) is 13.6. The summed E-state index contributed by atoms with van der Waals surface area (Å²) in [5.41, 5.74) is 0.247. The van der Waals surface area contributed by atoms with E-state index in [4.69, 9.17) is 31.4 Å². The normalized spacial score (nSPS) is 12.7. The van der Waals surface area contributed by atoms with Crippen LogP contribution in [0, 0.1) is 28.6 Å². The molecule has 0 aliphatic carbocycles. The van der Waals surface area contributed by atoms with Gasteiger partial charge in [0, 0.05) is 14.2 Å². The van der Waals surface area contributed by atoms with Crippen LogP contribution in [0.15, 0.2) is 30.3 Å². The Morgan fingerprint density at radius 3 is 2.00 bits per heavy atom. The second kappa shape index (κ2) is 6.64. The summed E-state index contributed by atoms with van der Waals surface area (Å²) in [4.78, 5) is 0. The monoisotopic (exact) mass is 280 g/mol. The van der Waals surface area contributed by atoms with Gasteiger partial charge >= 0.3 is 0 Å². The lowest BCUT2D eigenvalue weighted by Gasteiger charge is -2.28. The maximum Gasteiger partial charge on any atom is 0.198 e. The SMILES string of the molecule is COP(=S)(OC)C(c1ccccc1)C(C#N)C#N. The Kier molecular flexibility index (Phi) is 5.47. The molecule has 0 amide bonds. The van der Waals surface area contributed by atoms with E-state index in [0.29, 0.717) is 0 Å². The van der Waals surface area contributed by atoms with E-state index in [1.807, 2.05) is 42.5 Å². The third-order valence-corrected chi connectivity index (χ3v) is 6.46. The molecule has 1 aromatic rings. The molecule has 0 aliphatic rings. The molecule has 0 saturated heterocycles. The summed E-state index contributed by atoms with van der Waals surface area (Å²) >= 11 is 5.38. The van der Waals surface area contributed by atoms with E-state index in [9.17, 15) is 0 Å². The van der Waals surface area contributed by atoms with Gasteiger partial charge in [0.1, 0.15) is 5.92 Å². The van der Waals surface area contributed by atoms with Crippen LogP contribution < -0.4 is 0 Å². The molecule has 0 aromatic heterocycles. The van der Waals surface area contributed by atoms with Gasteiger partial charge in [-0.05, 0) is 17.4 Å². The molecule has 0 N–H and O–H groups in total. The molecule has 0 bridgehead atoms. The molecule has 0 heterocycles. The fourth-order valence-electron chi connectivity index (χ4n) is 1.68. The van der Waals surface area contributed by atoms with Gasteiger partial charge in [0.25, 0.3) is 0 Å². The average molecular weight is 280 g/mol. The van der Waals surface area contributed by atoms with Crippen molar-refractivity contribution in [1.82, 2.24) is 0 Å². The van der Waals surface area contributed by atoms with Crippen molar-refractivity contribution in [3.05, 3.63) is 35.9 Å². The van der Waals surface area contributed by atoms with Crippen molar-refractivity contribution in [3.8, 4) is 12.1 Å². The van der Waals surface area contributed by atoms with E-state index in [2.05, 4.69) is 0 Å². The molecule has 0 saturated carbocycles. The van der Waals surface area contributed by atoms with Gasteiger partial charge in [0.05, 0.1) is 17.8 Å². The summed E-state index contributed by atoms with van der Waals surface area (Å²) < 4.78 is 10.6. The Balaban J connectivity index is 3.34. The molecule has 0 fully saturated rings. The first-order chi connectivity index (χ1) is 8.62. The average Bonchev–Trinajstić information content (AvgIpc) is 2.44. The molecular weight excluding hydrogens is 267 g/mol. The zero-order valence-corrected chi connectivity index (χ0v) is 11.8. The maximum absolute atomic E-state index is 9.10. The number of hydrogen-bond donors (Lipinski definition) is 0. The summed E-state index contributed by atoms with van der Waals surface area (Å²) in [6.07, 6.45) is 0. The Hall–Kier alpha value is -1.23. The lowest BCUT2D eigenvalue weighted by molar-refractivity contribution is 0.324. The Morgan fingerprint density at radius 1 is 1.11 bits per heavy atom. The van der Waals surface area contributed by atoms with E-state index in [-0.39, 0.29) is 0 Å². The number of nitriles is 2. The summed E-state index contributed by atoms with van der Waals surface area (Å²) in [7, 11) is 2.90. The van der Waals surface area contributed by atoms with Crippen LogP contribution in [0.5, 0.6) is 0 Å². The van der Waals surface area contributed by atoms with Crippen molar-refractivity contribution in [2.24, 2.45) is 5.92 Å². The summed E-state index contributed by atoms with van der Waals surface area (Å²) in [6, 6.07) is 13.1. The standard InChI is InChI=1S/C12H13N2O2PS/c1-15-17(18,16-2)12(11(8-13)9-14)10-6-4-3-5-7-10/h3-7,11-12H,1-2H3. The Bertz CT molecular complexity index is 499. The highest BCUT2D eigenvalue weighted by Gasteiger charge is 2.37. The van der Waals surface area contributed by atoms with Gasteiger partial charge in [-0.1, -0.05) is 30.3 Å². The third kappa shape index (κ3) is 2.96. The first kappa shape index (κ1) is 14.8. The molecule has 4 nitrogen and oxygen atoms in total. The smallest absolute Gasteiger partial charge is 0.198 e. The van der Waals surface area contributed by atoms with Crippen LogP contribution in [0.4, 0.5) is 0 Å². The van der Waals surface area contributed by atoms with Crippen molar-refractivity contribution in [1.29, 1.82) is 10.5 Å². The van der Waals surface area contributed by atoms with Crippen LogP contribution in [0.2, 0.25) is 0 Å². The number of rotatable bonds is 5. The van der Waals surface area contributed by atoms with Gasteiger partial charge in [0.15, 0.2) is 6.49 Å². The fraction of sp³-hybridized carbons (Fsp3) is 0.333. The third-order valence-electron chi connectivity index (χ3n) is 2.58. The van der Waals surface area contributed by atoms with Crippen molar-refractivity contribution in [2.75, 3.05) is 14.2 Å². The minimum absolute atomic E-state index is 0.543. The van der Waals surface area contributed by atoms with Gasteiger partial charge in [-0.2, -0.15) is 10.5 Å². The zero-order valence-electron chi connectivity index (χ0n) is 10.1. The van der Waals surface area contributed by atoms with Gasteiger partial charge in [-0.3, -0.25) is 0 Å². The van der Waals surface area contributed by atoms with E-state index in [1.54, 1.807) is 0 Å². The van der Waals surface area contributed by atoms with E-state index >= 15 is 0 Å². The number of nitrogens with zero attached hydrogens (tertiary/aromatic N) is 2. The Morgan fingerprint density at radius 2 is 1.61 bits per heavy atom. The summed E-state index contributed by atoms with van der Waals surface area (Å²) in [6.45, 7) is -2.71. The first-order valence-electron chi connectivity index (χ1n) is 5.18. The highest BCUT2D eigenvalue weighted by Crippen LogP contribution is 2.63. The second-order valence-electron chi connectivity index (χ2n) is 3.50. The minimum atomic E-state index is -2.71. The van der Waals surface area contributed by atoms with Crippen molar-refractivity contribution in [3.63, 3.8) is 0 Å². The largest absolute Gasteiger partial charge is 0.332 e. The van der Waals surface area contributed by atoms with Crippen molar-refractivity contribution in [2.45, 2.75) is 5.66 Å². The van der Waals surface area contributed by atoms with Crippen LogP contribution in [0.3, 0.4) is 0 Å². The van der Waals surface area contributed by atoms with Crippen LogP contribution in [0.1, 0.15) is 11.2 Å². The molecule has 6 heteroatoms. The summed E-state index contributed by atoms with van der Waals surface area (Å²) in [5.74, 6) is -0.891.